The van der Waals surface area contributed by atoms with Crippen molar-refractivity contribution in [3.63, 3.8) is 0 Å². The monoisotopic (exact) mass is 211 g/mol. The van der Waals surface area contributed by atoms with Crippen LogP contribution < -0.4 is 5.73 Å². The van der Waals surface area contributed by atoms with Crippen LogP contribution in [0.15, 0.2) is 6.07 Å². The van der Waals surface area contributed by atoms with Gasteiger partial charge < -0.3 is 10.5 Å². The summed E-state index contributed by atoms with van der Waals surface area (Å²) in [4.78, 5) is 0. The highest BCUT2D eigenvalue weighted by Crippen LogP contribution is 2.08. The summed E-state index contributed by atoms with van der Waals surface area (Å²) < 4.78 is 7.11. The fourth-order valence-corrected chi connectivity index (χ4v) is 1.52. The highest BCUT2D eigenvalue weighted by molar-refractivity contribution is 5.11. The number of aryl methyl sites for hydroxylation is 2. The summed E-state index contributed by atoms with van der Waals surface area (Å²) in [7, 11) is 3.64. The Morgan fingerprint density at radius 3 is 2.73 bits per heavy atom. The minimum absolute atomic E-state index is 0.0232. The number of ether oxygens (including phenoxy) is 1. The highest BCUT2D eigenvalue weighted by atomic mass is 16.5. The van der Waals surface area contributed by atoms with Gasteiger partial charge in [0.05, 0.1) is 11.8 Å². The SMILES string of the molecule is CCc1cc(CC(N)C(C)OC)n(C)n1. The first kappa shape index (κ1) is 12.2. The second-order valence-electron chi connectivity index (χ2n) is 3.91. The molecule has 1 heterocycles. The molecule has 0 aliphatic carbocycles. The van der Waals surface area contributed by atoms with Crippen LogP contribution in [0.25, 0.3) is 0 Å². The molecule has 1 aromatic rings. The Balaban J connectivity index is 2.67. The van der Waals surface area contributed by atoms with Crippen molar-refractivity contribution in [3.05, 3.63) is 17.5 Å². The minimum Gasteiger partial charge on any atom is -0.380 e. The van der Waals surface area contributed by atoms with Crippen molar-refractivity contribution in [1.82, 2.24) is 9.78 Å². The van der Waals surface area contributed by atoms with Crippen LogP contribution in [0.2, 0.25) is 0 Å². The van der Waals surface area contributed by atoms with Crippen molar-refractivity contribution in [2.24, 2.45) is 12.8 Å². The number of nitrogens with two attached hydrogens (primary N) is 1. The zero-order valence-electron chi connectivity index (χ0n) is 10.0. The van der Waals surface area contributed by atoms with Crippen molar-refractivity contribution in [3.8, 4) is 0 Å². The third-order valence-electron chi connectivity index (χ3n) is 2.81. The quantitative estimate of drug-likeness (QED) is 0.787. The third kappa shape index (κ3) is 3.04. The summed E-state index contributed by atoms with van der Waals surface area (Å²) in [5.41, 5.74) is 8.30. The van der Waals surface area contributed by atoms with Gasteiger partial charge in [0.25, 0.3) is 0 Å². The molecular formula is C11H21N3O. The topological polar surface area (TPSA) is 53.1 Å². The van der Waals surface area contributed by atoms with E-state index in [0.717, 1.165) is 18.5 Å². The van der Waals surface area contributed by atoms with Crippen LogP contribution in [0.5, 0.6) is 0 Å². The normalized spacial score (nSPS) is 15.3. The van der Waals surface area contributed by atoms with E-state index in [9.17, 15) is 0 Å². The van der Waals surface area contributed by atoms with Crippen molar-refractivity contribution >= 4 is 0 Å². The van der Waals surface area contributed by atoms with Crippen LogP contribution in [0.1, 0.15) is 25.2 Å². The molecule has 0 aliphatic rings. The lowest BCUT2D eigenvalue weighted by Crippen LogP contribution is -2.36. The smallest absolute Gasteiger partial charge is 0.0697 e. The lowest BCUT2D eigenvalue weighted by Gasteiger charge is -2.18. The van der Waals surface area contributed by atoms with Gasteiger partial charge in [-0.05, 0) is 19.4 Å². The summed E-state index contributed by atoms with van der Waals surface area (Å²) >= 11 is 0. The van der Waals surface area contributed by atoms with E-state index in [4.69, 9.17) is 10.5 Å². The molecule has 1 aromatic heterocycles. The molecule has 0 saturated heterocycles. The van der Waals surface area contributed by atoms with Gasteiger partial charge in [-0.3, -0.25) is 4.68 Å². The molecule has 2 N–H and O–H groups in total. The lowest BCUT2D eigenvalue weighted by atomic mass is 10.1. The Kier molecular flexibility index (Phi) is 4.29. The molecule has 4 heteroatoms. The Morgan fingerprint density at radius 1 is 1.60 bits per heavy atom. The molecule has 0 saturated carbocycles. The zero-order chi connectivity index (χ0) is 11.4. The summed E-state index contributed by atoms with van der Waals surface area (Å²) in [5, 5.41) is 4.39. The molecule has 0 aromatic carbocycles. The molecule has 0 aliphatic heterocycles. The van der Waals surface area contributed by atoms with E-state index in [1.54, 1.807) is 7.11 Å². The molecule has 4 nitrogen and oxygen atoms in total. The number of nitrogens with zero attached hydrogens (tertiary/aromatic N) is 2. The summed E-state index contributed by atoms with van der Waals surface area (Å²) in [5.74, 6) is 0. The second-order valence-corrected chi connectivity index (χ2v) is 3.91. The maximum absolute atomic E-state index is 6.01. The first-order valence-electron chi connectivity index (χ1n) is 5.38. The van der Waals surface area contributed by atoms with Gasteiger partial charge in [0.2, 0.25) is 0 Å². The third-order valence-corrected chi connectivity index (χ3v) is 2.81. The van der Waals surface area contributed by atoms with Crippen molar-refractivity contribution < 1.29 is 4.74 Å². The standard InChI is InChI=1S/C11H21N3O/c1-5-9-6-10(14(3)13-9)7-11(12)8(2)15-4/h6,8,11H,5,7,12H2,1-4H3. The lowest BCUT2D eigenvalue weighted by molar-refractivity contribution is 0.0950. The van der Waals surface area contributed by atoms with E-state index in [1.807, 2.05) is 18.7 Å². The van der Waals surface area contributed by atoms with Crippen LogP contribution in [-0.2, 0) is 24.6 Å². The maximum atomic E-state index is 6.01. The first-order chi connectivity index (χ1) is 7.08. The molecule has 0 spiro atoms. The average molecular weight is 211 g/mol. The number of hydrogen-bond acceptors (Lipinski definition) is 3. The van der Waals surface area contributed by atoms with E-state index in [1.165, 1.54) is 5.69 Å². The van der Waals surface area contributed by atoms with Gasteiger partial charge in [-0.1, -0.05) is 6.92 Å². The van der Waals surface area contributed by atoms with Gasteiger partial charge in [-0.25, -0.2) is 0 Å². The van der Waals surface area contributed by atoms with E-state index < -0.39 is 0 Å². The molecule has 1 rings (SSSR count). The van der Waals surface area contributed by atoms with E-state index in [0.29, 0.717) is 0 Å². The molecule has 2 atom stereocenters. The molecule has 86 valence electrons. The Hall–Kier alpha value is -0.870. The summed E-state index contributed by atoms with van der Waals surface area (Å²) in [6.07, 6.45) is 1.84. The van der Waals surface area contributed by atoms with Gasteiger partial charge in [-0.15, -0.1) is 0 Å². The fraction of sp³-hybridized carbons (Fsp3) is 0.727. The summed E-state index contributed by atoms with van der Waals surface area (Å²) in [6, 6.07) is 2.14. The molecule has 15 heavy (non-hydrogen) atoms. The Morgan fingerprint density at radius 2 is 2.27 bits per heavy atom. The Labute approximate surface area is 91.4 Å². The van der Waals surface area contributed by atoms with Crippen molar-refractivity contribution in [1.29, 1.82) is 0 Å². The van der Waals surface area contributed by atoms with E-state index >= 15 is 0 Å². The minimum atomic E-state index is 0.0232. The van der Waals surface area contributed by atoms with Crippen LogP contribution in [0.4, 0.5) is 0 Å². The number of methoxy groups -OCH3 is 1. The number of rotatable bonds is 5. The number of hydrogen-bond donors (Lipinski definition) is 1. The van der Waals surface area contributed by atoms with Gasteiger partial charge in [-0.2, -0.15) is 5.10 Å². The number of aromatic nitrogens is 2. The molecule has 2 unspecified atom stereocenters. The van der Waals surface area contributed by atoms with E-state index in [2.05, 4.69) is 18.1 Å². The fourth-order valence-electron chi connectivity index (χ4n) is 1.52. The highest BCUT2D eigenvalue weighted by Gasteiger charge is 2.14. The molecule has 0 radical (unpaired) electrons. The molecule has 0 bridgehead atoms. The van der Waals surface area contributed by atoms with Crippen LogP contribution >= 0.6 is 0 Å². The first-order valence-corrected chi connectivity index (χ1v) is 5.38. The van der Waals surface area contributed by atoms with Crippen LogP contribution in [0.3, 0.4) is 0 Å². The maximum Gasteiger partial charge on any atom is 0.0697 e. The van der Waals surface area contributed by atoms with Gasteiger partial charge >= 0.3 is 0 Å². The Bertz CT molecular complexity index is 309. The summed E-state index contributed by atoms with van der Waals surface area (Å²) in [6.45, 7) is 4.09. The molecule has 0 fully saturated rings. The molecule has 0 amide bonds. The van der Waals surface area contributed by atoms with Crippen LogP contribution in [0, 0.1) is 0 Å². The van der Waals surface area contributed by atoms with Crippen molar-refractivity contribution in [2.45, 2.75) is 38.8 Å². The van der Waals surface area contributed by atoms with Crippen LogP contribution in [-0.4, -0.2) is 29.0 Å². The van der Waals surface area contributed by atoms with Gasteiger partial charge in [0.15, 0.2) is 0 Å². The van der Waals surface area contributed by atoms with Gasteiger partial charge in [0, 0.05) is 32.3 Å². The van der Waals surface area contributed by atoms with E-state index in [-0.39, 0.29) is 12.1 Å². The van der Waals surface area contributed by atoms with Gasteiger partial charge in [0.1, 0.15) is 0 Å². The molecular weight excluding hydrogens is 190 g/mol. The zero-order valence-corrected chi connectivity index (χ0v) is 10.0. The average Bonchev–Trinajstić information content (AvgIpc) is 2.58. The predicted molar refractivity (Wildman–Crippen MR) is 60.7 cm³/mol. The predicted octanol–water partition coefficient (Wildman–Crippen LogP) is 0.887. The second kappa shape index (κ2) is 5.28. The van der Waals surface area contributed by atoms with Crippen molar-refractivity contribution in [2.75, 3.05) is 7.11 Å². The largest absolute Gasteiger partial charge is 0.380 e.